The number of alkyl halides is 1. The van der Waals surface area contributed by atoms with Crippen molar-refractivity contribution in [1.29, 1.82) is 0 Å². The van der Waals surface area contributed by atoms with Gasteiger partial charge in [-0.25, -0.2) is 4.79 Å². The van der Waals surface area contributed by atoms with Crippen LogP contribution in [0.4, 0.5) is 0 Å². The minimum absolute atomic E-state index is 0.0267. The van der Waals surface area contributed by atoms with E-state index < -0.39 is 12.0 Å². The average molecular weight is 394 g/mol. The predicted molar refractivity (Wildman–Crippen MR) is 78.8 cm³/mol. The van der Waals surface area contributed by atoms with Crippen molar-refractivity contribution >= 4 is 52.6 Å². The fourth-order valence-electron chi connectivity index (χ4n) is 2.05. The molecule has 0 aliphatic carbocycles. The smallest absolute Gasteiger partial charge is 0.352 e. The second kappa shape index (κ2) is 5.95. The van der Waals surface area contributed by atoms with Crippen LogP contribution in [0.1, 0.15) is 0 Å². The molecule has 19 heavy (non-hydrogen) atoms. The van der Waals surface area contributed by atoms with Crippen LogP contribution in [0.5, 0.6) is 0 Å². The van der Waals surface area contributed by atoms with Gasteiger partial charge in [-0.2, -0.15) is 0 Å². The lowest BCUT2D eigenvalue weighted by Gasteiger charge is -2.48. The molecule has 2 rings (SSSR count). The zero-order chi connectivity index (χ0) is 14.0. The molecule has 2 amide bonds. The minimum atomic E-state index is -1.11. The Morgan fingerprint density at radius 1 is 1.63 bits per heavy atom. The molecule has 0 radical (unpaired) electrons. The number of carboxylic acid groups (broad SMARTS) is 1. The van der Waals surface area contributed by atoms with Crippen LogP contribution in [0.2, 0.25) is 0 Å². The van der Waals surface area contributed by atoms with E-state index in [4.69, 9.17) is 0 Å². The van der Waals surface area contributed by atoms with Crippen LogP contribution in [-0.2, 0) is 14.4 Å². The first kappa shape index (κ1) is 14.4. The fraction of sp³-hybridized carbons (Fsp3) is 0.364. The van der Waals surface area contributed by atoms with E-state index in [1.165, 1.54) is 16.7 Å². The lowest BCUT2D eigenvalue weighted by Crippen LogP contribution is -2.69. The maximum atomic E-state index is 11.9. The Morgan fingerprint density at radius 2 is 2.37 bits per heavy atom. The van der Waals surface area contributed by atoms with Crippen LogP contribution in [0.25, 0.3) is 0 Å². The van der Waals surface area contributed by atoms with E-state index in [1.807, 2.05) is 6.08 Å². The topological polar surface area (TPSA) is 86.7 Å². The van der Waals surface area contributed by atoms with E-state index in [9.17, 15) is 19.5 Å². The number of nitrogens with one attached hydrogen (secondary N) is 1. The molecule has 2 aliphatic rings. The number of carbonyl (C=O) groups excluding carboxylic acids is 2. The van der Waals surface area contributed by atoms with Crippen LogP contribution in [0.15, 0.2) is 23.4 Å². The molecule has 0 aromatic heterocycles. The summed E-state index contributed by atoms with van der Waals surface area (Å²) in [5.74, 6) is -0.973. The lowest BCUT2D eigenvalue weighted by molar-refractivity contribution is -0.149. The Bertz CT molecular complexity index is 491. The highest BCUT2D eigenvalue weighted by Crippen LogP contribution is 2.40. The summed E-state index contributed by atoms with van der Waals surface area (Å²) >= 11 is 3.61. The van der Waals surface area contributed by atoms with Crippen molar-refractivity contribution in [2.75, 3.05) is 10.2 Å². The van der Waals surface area contributed by atoms with Crippen molar-refractivity contribution in [2.45, 2.75) is 11.4 Å². The predicted octanol–water partition coefficient (Wildman–Crippen LogP) is 0.346. The second-order valence-electron chi connectivity index (χ2n) is 3.91. The summed E-state index contributed by atoms with van der Waals surface area (Å²) in [6, 6.07) is -0.619. The number of aliphatic carboxylic acids is 1. The molecule has 102 valence electrons. The maximum Gasteiger partial charge on any atom is 0.352 e. The van der Waals surface area contributed by atoms with Gasteiger partial charge in [0, 0.05) is 10.2 Å². The average Bonchev–Trinajstić information content (AvgIpc) is 2.41. The molecule has 2 atom stereocenters. The van der Waals surface area contributed by atoms with Gasteiger partial charge in [-0.1, -0.05) is 34.7 Å². The third kappa shape index (κ3) is 2.50. The molecule has 0 bridgehead atoms. The van der Waals surface area contributed by atoms with Gasteiger partial charge in [-0.3, -0.25) is 14.5 Å². The summed E-state index contributed by atoms with van der Waals surface area (Å²) in [6.45, 7) is 0. The number of halogens is 1. The van der Waals surface area contributed by atoms with Gasteiger partial charge in [0.05, 0.1) is 0 Å². The largest absolute Gasteiger partial charge is 0.477 e. The highest BCUT2D eigenvalue weighted by atomic mass is 127. The first-order valence-corrected chi connectivity index (χ1v) is 8.02. The number of allylic oxidation sites excluding steroid dienone is 2. The molecular weight excluding hydrogens is 383 g/mol. The van der Waals surface area contributed by atoms with Crippen molar-refractivity contribution < 1.29 is 19.5 Å². The SMILES string of the molecule is O=CNC1C(=O)N2C(C(=O)O)=C(/C=C/CI)CS[C@H]12. The zero-order valence-electron chi connectivity index (χ0n) is 9.71. The number of β-lactam (4-membered cyclic amide) rings is 1. The highest BCUT2D eigenvalue weighted by Gasteiger charge is 2.53. The van der Waals surface area contributed by atoms with Gasteiger partial charge >= 0.3 is 5.97 Å². The Balaban J connectivity index is 2.31. The first-order chi connectivity index (χ1) is 9.11. The van der Waals surface area contributed by atoms with E-state index in [2.05, 4.69) is 27.9 Å². The summed E-state index contributed by atoms with van der Waals surface area (Å²) in [5, 5.41) is 11.4. The molecular formula is C11H11IN2O4S. The highest BCUT2D eigenvalue weighted by molar-refractivity contribution is 14.1. The van der Waals surface area contributed by atoms with Crippen molar-refractivity contribution in [2.24, 2.45) is 0 Å². The van der Waals surface area contributed by atoms with Crippen molar-refractivity contribution in [1.82, 2.24) is 10.2 Å². The molecule has 0 aromatic rings. The van der Waals surface area contributed by atoms with E-state index in [-0.39, 0.29) is 17.0 Å². The van der Waals surface area contributed by atoms with Gasteiger partial charge in [0.15, 0.2) is 0 Å². The molecule has 1 fully saturated rings. The van der Waals surface area contributed by atoms with E-state index in [0.29, 0.717) is 17.7 Å². The number of nitrogens with zero attached hydrogens (tertiary/aromatic N) is 1. The summed E-state index contributed by atoms with van der Waals surface area (Å²) in [6.07, 6.45) is 4.06. The standard InChI is InChI=1S/C11H11IN2O4S/c12-3-1-2-6-4-19-10-7(13-5-15)9(16)14(10)8(6)11(17)18/h1-2,5,7,10H,3-4H2,(H,13,15)(H,17,18)/b2-1+/t7?,10-/m1/s1. The fourth-order valence-corrected chi connectivity index (χ4v) is 3.64. The summed E-state index contributed by atoms with van der Waals surface area (Å²) in [5.41, 5.74) is 0.655. The summed E-state index contributed by atoms with van der Waals surface area (Å²) < 4.78 is 0.769. The molecule has 8 heteroatoms. The third-order valence-corrected chi connectivity index (χ3v) is 4.67. The minimum Gasteiger partial charge on any atom is -0.477 e. The van der Waals surface area contributed by atoms with Crippen LogP contribution >= 0.6 is 34.4 Å². The summed E-state index contributed by atoms with van der Waals surface area (Å²) in [4.78, 5) is 34.9. The number of rotatable bonds is 5. The van der Waals surface area contributed by atoms with E-state index >= 15 is 0 Å². The van der Waals surface area contributed by atoms with Crippen molar-refractivity contribution in [3.05, 3.63) is 23.4 Å². The van der Waals surface area contributed by atoms with Crippen LogP contribution < -0.4 is 5.32 Å². The van der Waals surface area contributed by atoms with Gasteiger partial charge in [-0.05, 0) is 5.57 Å². The van der Waals surface area contributed by atoms with E-state index in [0.717, 1.165) is 4.43 Å². The maximum absolute atomic E-state index is 11.9. The van der Waals surface area contributed by atoms with Gasteiger partial charge in [0.25, 0.3) is 5.91 Å². The molecule has 2 aliphatic heterocycles. The number of carboxylic acids is 1. The number of amides is 2. The Morgan fingerprint density at radius 3 is 2.95 bits per heavy atom. The molecule has 0 spiro atoms. The van der Waals surface area contributed by atoms with Gasteiger partial charge in [0.1, 0.15) is 17.1 Å². The van der Waals surface area contributed by atoms with E-state index in [1.54, 1.807) is 6.08 Å². The monoisotopic (exact) mass is 394 g/mol. The Labute approximate surface area is 127 Å². The van der Waals surface area contributed by atoms with Crippen LogP contribution in [-0.4, -0.2) is 49.9 Å². The first-order valence-electron chi connectivity index (χ1n) is 5.45. The number of hydrogen-bond acceptors (Lipinski definition) is 4. The lowest BCUT2D eigenvalue weighted by atomic mass is 10.0. The Hall–Kier alpha value is -1.03. The molecule has 0 aromatic carbocycles. The van der Waals surface area contributed by atoms with Gasteiger partial charge in [-0.15, -0.1) is 11.8 Å². The quantitative estimate of drug-likeness (QED) is 0.304. The van der Waals surface area contributed by atoms with Crippen LogP contribution in [0.3, 0.4) is 0 Å². The van der Waals surface area contributed by atoms with Crippen LogP contribution in [0, 0.1) is 0 Å². The number of fused-ring (bicyclic) bond motifs is 1. The molecule has 2 heterocycles. The number of thioether (sulfide) groups is 1. The Kier molecular flexibility index (Phi) is 4.50. The normalized spacial score (nSPS) is 26.2. The molecule has 1 unspecified atom stereocenters. The number of carbonyl (C=O) groups is 3. The molecule has 6 nitrogen and oxygen atoms in total. The van der Waals surface area contributed by atoms with Crippen molar-refractivity contribution in [3.63, 3.8) is 0 Å². The second-order valence-corrected chi connectivity index (χ2v) is 5.89. The third-order valence-electron chi connectivity index (χ3n) is 2.86. The molecule has 0 saturated carbocycles. The summed E-state index contributed by atoms with van der Waals surface area (Å²) in [7, 11) is 0. The molecule has 2 N–H and O–H groups in total. The van der Waals surface area contributed by atoms with Crippen molar-refractivity contribution in [3.8, 4) is 0 Å². The zero-order valence-corrected chi connectivity index (χ0v) is 12.7. The van der Waals surface area contributed by atoms with Gasteiger partial charge in [0.2, 0.25) is 6.41 Å². The van der Waals surface area contributed by atoms with Gasteiger partial charge < -0.3 is 10.4 Å². The molecule has 1 saturated heterocycles. The number of hydrogen-bond donors (Lipinski definition) is 2.